The average molecular weight is 339 g/mol. The first-order valence-electron chi connectivity index (χ1n) is 8.32. The van der Waals surface area contributed by atoms with E-state index >= 15 is 0 Å². The minimum Gasteiger partial charge on any atom is -0.399 e. The van der Waals surface area contributed by atoms with Crippen molar-refractivity contribution in [3.8, 4) is 22.5 Å². The third-order valence-corrected chi connectivity index (χ3v) is 4.24. The van der Waals surface area contributed by atoms with Crippen LogP contribution in [0.5, 0.6) is 0 Å². The molecule has 126 valence electrons. The summed E-state index contributed by atoms with van der Waals surface area (Å²) in [7, 11) is 0. The first-order valence-corrected chi connectivity index (χ1v) is 8.32. The number of hydrogen-bond acceptors (Lipinski definition) is 3. The highest BCUT2D eigenvalue weighted by Gasteiger charge is 2.19. The van der Waals surface area contributed by atoms with Crippen molar-refractivity contribution in [3.63, 3.8) is 0 Å². The highest BCUT2D eigenvalue weighted by atomic mass is 16.2. The predicted molar refractivity (Wildman–Crippen MR) is 104 cm³/mol. The Kier molecular flexibility index (Phi) is 4.07. The van der Waals surface area contributed by atoms with Crippen LogP contribution in [-0.4, -0.2) is 15.5 Å². The van der Waals surface area contributed by atoms with Gasteiger partial charge in [-0.15, -0.1) is 0 Å². The Morgan fingerprint density at radius 3 is 1.96 bits per heavy atom. The van der Waals surface area contributed by atoms with Crippen LogP contribution in [0.15, 0.2) is 91.3 Å². The van der Waals surface area contributed by atoms with Crippen molar-refractivity contribution >= 4 is 11.6 Å². The molecule has 4 aromatic rings. The molecule has 0 radical (unpaired) electrons. The Morgan fingerprint density at radius 2 is 1.35 bits per heavy atom. The molecule has 4 heteroatoms. The summed E-state index contributed by atoms with van der Waals surface area (Å²) >= 11 is 0. The normalized spacial score (nSPS) is 10.6. The fourth-order valence-corrected chi connectivity index (χ4v) is 2.95. The molecule has 0 atom stereocenters. The molecular weight excluding hydrogens is 322 g/mol. The monoisotopic (exact) mass is 339 g/mol. The van der Waals surface area contributed by atoms with Gasteiger partial charge in [0.15, 0.2) is 0 Å². The van der Waals surface area contributed by atoms with Gasteiger partial charge in [0.2, 0.25) is 0 Å². The fraction of sp³-hybridized carbons (Fsp3) is 0. The summed E-state index contributed by atoms with van der Waals surface area (Å²) in [6.07, 6.45) is 1.59. The van der Waals surface area contributed by atoms with Gasteiger partial charge in [-0.25, -0.2) is 4.98 Å². The van der Waals surface area contributed by atoms with Crippen LogP contribution in [0.25, 0.3) is 22.5 Å². The Bertz CT molecular complexity index is 1040. The van der Waals surface area contributed by atoms with Gasteiger partial charge >= 0.3 is 0 Å². The highest BCUT2D eigenvalue weighted by molar-refractivity contribution is 6.00. The minimum absolute atomic E-state index is 0.140. The summed E-state index contributed by atoms with van der Waals surface area (Å²) in [6.45, 7) is 0. The fourth-order valence-electron chi connectivity index (χ4n) is 2.95. The van der Waals surface area contributed by atoms with Crippen LogP contribution >= 0.6 is 0 Å². The van der Waals surface area contributed by atoms with Crippen molar-refractivity contribution in [2.75, 3.05) is 5.73 Å². The largest absolute Gasteiger partial charge is 0.399 e. The second-order valence-electron chi connectivity index (χ2n) is 5.97. The van der Waals surface area contributed by atoms with Crippen LogP contribution < -0.4 is 5.73 Å². The van der Waals surface area contributed by atoms with Crippen LogP contribution in [0.1, 0.15) is 10.4 Å². The highest BCUT2D eigenvalue weighted by Crippen LogP contribution is 2.31. The predicted octanol–water partition coefficient (Wildman–Crippen LogP) is 4.49. The van der Waals surface area contributed by atoms with Gasteiger partial charge in [-0.2, -0.15) is 0 Å². The molecule has 0 aliphatic rings. The lowest BCUT2D eigenvalue weighted by molar-refractivity contribution is 0.0961. The molecule has 0 fully saturated rings. The van der Waals surface area contributed by atoms with E-state index in [9.17, 15) is 4.79 Å². The summed E-state index contributed by atoms with van der Waals surface area (Å²) in [5, 5.41) is 0. The Labute approximate surface area is 151 Å². The Morgan fingerprint density at radius 1 is 0.769 bits per heavy atom. The topological polar surface area (TPSA) is 60.9 Å². The average Bonchev–Trinajstić information content (AvgIpc) is 3.14. The Hall–Kier alpha value is -3.66. The summed E-state index contributed by atoms with van der Waals surface area (Å²) in [5.74, 6) is -0.140. The Balaban J connectivity index is 1.89. The van der Waals surface area contributed by atoms with Crippen molar-refractivity contribution in [1.29, 1.82) is 0 Å². The zero-order valence-electron chi connectivity index (χ0n) is 14.0. The number of carbonyl (C=O) groups is 1. The quantitative estimate of drug-likeness (QED) is 0.560. The molecule has 0 amide bonds. The molecule has 4 rings (SSSR count). The molecule has 0 saturated heterocycles. The molecule has 3 aromatic carbocycles. The van der Waals surface area contributed by atoms with Gasteiger partial charge in [-0.05, 0) is 24.3 Å². The van der Waals surface area contributed by atoms with E-state index in [1.807, 2.05) is 60.7 Å². The van der Waals surface area contributed by atoms with Gasteiger partial charge in [0, 0.05) is 22.4 Å². The molecule has 4 nitrogen and oxygen atoms in total. The van der Waals surface area contributed by atoms with Crippen molar-refractivity contribution in [1.82, 2.24) is 9.55 Å². The van der Waals surface area contributed by atoms with Gasteiger partial charge in [-0.1, -0.05) is 60.7 Å². The summed E-state index contributed by atoms with van der Waals surface area (Å²) < 4.78 is 1.60. The maximum atomic E-state index is 13.1. The van der Waals surface area contributed by atoms with E-state index in [0.717, 1.165) is 22.5 Å². The number of carbonyl (C=O) groups excluding carboxylic acids is 1. The van der Waals surface area contributed by atoms with Gasteiger partial charge in [0.05, 0.1) is 11.4 Å². The lowest BCUT2D eigenvalue weighted by Crippen LogP contribution is -2.12. The van der Waals surface area contributed by atoms with Crippen LogP contribution in [0.2, 0.25) is 0 Å². The zero-order chi connectivity index (χ0) is 17.9. The number of nitrogens with zero attached hydrogens (tertiary/aromatic N) is 2. The SMILES string of the molecule is Nc1ccc(C(=O)n2cnc(-c3ccccc3)c2-c2ccccc2)cc1. The van der Waals surface area contributed by atoms with Crippen molar-refractivity contribution in [2.24, 2.45) is 0 Å². The zero-order valence-corrected chi connectivity index (χ0v) is 14.0. The van der Waals surface area contributed by atoms with Gasteiger partial charge in [0.25, 0.3) is 5.91 Å². The van der Waals surface area contributed by atoms with E-state index in [0.29, 0.717) is 11.3 Å². The van der Waals surface area contributed by atoms with Crippen LogP contribution in [0.3, 0.4) is 0 Å². The smallest absolute Gasteiger partial charge is 0.263 e. The van der Waals surface area contributed by atoms with Crippen molar-refractivity contribution < 1.29 is 4.79 Å². The van der Waals surface area contributed by atoms with Crippen molar-refractivity contribution in [2.45, 2.75) is 0 Å². The molecule has 0 aliphatic heterocycles. The second-order valence-corrected chi connectivity index (χ2v) is 5.97. The molecule has 0 saturated carbocycles. The molecular formula is C22H17N3O. The lowest BCUT2D eigenvalue weighted by Gasteiger charge is -2.10. The molecule has 1 heterocycles. The number of imidazole rings is 1. The van der Waals surface area contributed by atoms with E-state index in [2.05, 4.69) is 4.98 Å². The summed E-state index contributed by atoms with van der Waals surface area (Å²) in [4.78, 5) is 17.6. The number of aromatic nitrogens is 2. The number of hydrogen-bond donors (Lipinski definition) is 1. The van der Waals surface area contributed by atoms with E-state index in [-0.39, 0.29) is 5.91 Å². The van der Waals surface area contributed by atoms with Crippen LogP contribution in [0, 0.1) is 0 Å². The minimum atomic E-state index is -0.140. The number of nitrogens with two attached hydrogens (primary N) is 1. The van der Waals surface area contributed by atoms with E-state index in [1.54, 1.807) is 35.2 Å². The van der Waals surface area contributed by atoms with Gasteiger partial charge < -0.3 is 5.73 Å². The molecule has 2 N–H and O–H groups in total. The van der Waals surface area contributed by atoms with Gasteiger partial charge in [0.1, 0.15) is 6.33 Å². The summed E-state index contributed by atoms with van der Waals surface area (Å²) in [6, 6.07) is 26.6. The van der Waals surface area contributed by atoms with Crippen LogP contribution in [0.4, 0.5) is 5.69 Å². The first kappa shape index (κ1) is 15.8. The number of benzene rings is 3. The molecule has 26 heavy (non-hydrogen) atoms. The van der Waals surface area contributed by atoms with E-state index in [4.69, 9.17) is 5.73 Å². The first-order chi connectivity index (χ1) is 12.7. The lowest BCUT2D eigenvalue weighted by atomic mass is 10.0. The molecule has 0 bridgehead atoms. The maximum absolute atomic E-state index is 13.1. The summed E-state index contributed by atoms with van der Waals surface area (Å²) in [5.41, 5.74) is 10.4. The van der Waals surface area contributed by atoms with E-state index in [1.165, 1.54) is 0 Å². The third-order valence-electron chi connectivity index (χ3n) is 4.24. The molecule has 0 unspecified atom stereocenters. The maximum Gasteiger partial charge on any atom is 0.263 e. The van der Waals surface area contributed by atoms with Crippen LogP contribution in [-0.2, 0) is 0 Å². The second kappa shape index (κ2) is 6.69. The molecule has 0 aliphatic carbocycles. The van der Waals surface area contributed by atoms with Crippen molar-refractivity contribution in [3.05, 3.63) is 96.8 Å². The number of rotatable bonds is 3. The molecule has 0 spiro atoms. The molecule has 1 aromatic heterocycles. The number of anilines is 1. The van der Waals surface area contributed by atoms with Gasteiger partial charge in [-0.3, -0.25) is 9.36 Å². The third kappa shape index (κ3) is 2.89. The van der Waals surface area contributed by atoms with E-state index < -0.39 is 0 Å². The number of nitrogen functional groups attached to an aromatic ring is 1. The standard InChI is InChI=1S/C22H17N3O/c23-19-13-11-18(12-14-19)22(26)25-15-24-20(16-7-3-1-4-8-16)21(25)17-9-5-2-6-10-17/h1-15H,23H2.